The maximum absolute atomic E-state index is 12.3. The number of nitrogens with two attached hydrogens (primary N) is 1. The van der Waals surface area contributed by atoms with Gasteiger partial charge in [-0.3, -0.25) is 9.69 Å². The van der Waals surface area contributed by atoms with E-state index in [9.17, 15) is 19.8 Å². The molecule has 0 radical (unpaired) electrons. The molecule has 33 heavy (non-hydrogen) atoms. The zero-order chi connectivity index (χ0) is 22.3. The summed E-state index contributed by atoms with van der Waals surface area (Å²) < 4.78 is 2.17. The van der Waals surface area contributed by atoms with E-state index in [2.05, 4.69) is 20.5 Å². The number of carbonyl (C=O) groups is 1. The fourth-order valence-corrected chi connectivity index (χ4v) is 4.47. The number of carboxylic acids is 1. The van der Waals surface area contributed by atoms with Crippen molar-refractivity contribution in [3.8, 4) is 17.0 Å². The van der Waals surface area contributed by atoms with E-state index in [1.807, 2.05) is 32.2 Å². The third-order valence-electron chi connectivity index (χ3n) is 6.31. The highest BCUT2D eigenvalue weighted by Crippen LogP contribution is 2.32. The molecule has 2 aromatic heterocycles. The number of piperidine rings is 1. The monoisotopic (exact) mass is 496 g/mol. The summed E-state index contributed by atoms with van der Waals surface area (Å²) >= 11 is 0. The summed E-state index contributed by atoms with van der Waals surface area (Å²) in [4.78, 5) is 28.7. The van der Waals surface area contributed by atoms with E-state index >= 15 is 0 Å². The zero-order valence-corrected chi connectivity index (χ0v) is 20.3. The molecule has 0 bridgehead atoms. The van der Waals surface area contributed by atoms with Gasteiger partial charge in [-0.1, -0.05) is 13.0 Å². The molecule has 1 aromatic carbocycles. The standard InChI is InChI=1S/C23H28N4O4.2ClH/c1-3-17-20(25-22(29)19(21(17)28)23(30)31)13-4-5-18-14(10-13)11-16(26(18)2)12-27-8-6-15(24)7-9-27;;/h4-5,10-11,15H,3,6-9,12,24H2,1-2H3,(H,30,31)(H2,25,28,29);2*1H. The molecule has 5 N–H and O–H groups in total. The van der Waals surface area contributed by atoms with Crippen molar-refractivity contribution in [3.05, 3.63) is 51.4 Å². The Morgan fingerprint density at radius 3 is 2.48 bits per heavy atom. The quantitative estimate of drug-likeness (QED) is 0.429. The van der Waals surface area contributed by atoms with E-state index in [1.165, 1.54) is 5.69 Å². The molecule has 0 amide bonds. The van der Waals surface area contributed by atoms with Gasteiger partial charge in [0, 0.05) is 54.9 Å². The van der Waals surface area contributed by atoms with Crippen LogP contribution in [0.3, 0.4) is 0 Å². The maximum atomic E-state index is 12.3. The van der Waals surface area contributed by atoms with Crippen molar-refractivity contribution in [1.82, 2.24) is 14.5 Å². The van der Waals surface area contributed by atoms with Crippen molar-refractivity contribution < 1.29 is 15.0 Å². The van der Waals surface area contributed by atoms with Crippen molar-refractivity contribution in [2.45, 2.75) is 38.8 Å². The molecular formula is C23H30Cl2N4O4. The Balaban J connectivity index is 0.00000193. The molecule has 0 atom stereocenters. The smallest absolute Gasteiger partial charge is 0.345 e. The van der Waals surface area contributed by atoms with Crippen molar-refractivity contribution in [3.63, 3.8) is 0 Å². The number of aromatic hydroxyl groups is 1. The van der Waals surface area contributed by atoms with Crippen LogP contribution in [0.15, 0.2) is 29.1 Å². The summed E-state index contributed by atoms with van der Waals surface area (Å²) in [5, 5.41) is 20.7. The molecule has 0 spiro atoms. The van der Waals surface area contributed by atoms with Gasteiger partial charge in [-0.2, -0.15) is 0 Å². The number of aryl methyl sites for hydroxylation is 1. The number of nitrogens with one attached hydrogen (secondary N) is 1. The maximum Gasteiger partial charge on any atom is 0.345 e. The molecule has 1 aliphatic heterocycles. The van der Waals surface area contributed by atoms with Crippen LogP contribution in [-0.2, 0) is 20.0 Å². The van der Waals surface area contributed by atoms with Gasteiger partial charge in [-0.25, -0.2) is 4.79 Å². The van der Waals surface area contributed by atoms with Gasteiger partial charge < -0.3 is 25.5 Å². The van der Waals surface area contributed by atoms with Crippen LogP contribution in [0.1, 0.15) is 41.4 Å². The Kier molecular flexibility index (Phi) is 8.59. The topological polar surface area (TPSA) is 125 Å². The van der Waals surface area contributed by atoms with Crippen molar-refractivity contribution in [2.24, 2.45) is 12.8 Å². The third kappa shape index (κ3) is 5.04. The average Bonchev–Trinajstić information content (AvgIpc) is 3.03. The van der Waals surface area contributed by atoms with Crippen LogP contribution < -0.4 is 11.3 Å². The Bertz CT molecular complexity index is 1210. The molecule has 10 heteroatoms. The normalized spacial score (nSPS) is 14.6. The molecule has 1 aliphatic rings. The number of aromatic amines is 1. The largest absolute Gasteiger partial charge is 0.506 e. The number of likely N-dealkylation sites (tertiary alicyclic amines) is 1. The van der Waals surface area contributed by atoms with Crippen LogP contribution in [0, 0.1) is 0 Å². The van der Waals surface area contributed by atoms with E-state index in [0.29, 0.717) is 23.7 Å². The Morgan fingerprint density at radius 2 is 1.88 bits per heavy atom. The van der Waals surface area contributed by atoms with E-state index < -0.39 is 22.8 Å². The molecule has 1 saturated heterocycles. The number of H-pyrrole nitrogens is 1. The Hall–Kier alpha value is -2.52. The summed E-state index contributed by atoms with van der Waals surface area (Å²) in [5.41, 5.74) is 8.44. The van der Waals surface area contributed by atoms with Gasteiger partial charge in [-0.15, -0.1) is 24.8 Å². The van der Waals surface area contributed by atoms with Crippen molar-refractivity contribution >= 4 is 41.7 Å². The molecule has 0 saturated carbocycles. The Labute approximate surface area is 204 Å². The second-order valence-electron chi connectivity index (χ2n) is 8.27. The molecule has 1 fully saturated rings. The first-order valence-electron chi connectivity index (χ1n) is 10.6. The number of fused-ring (bicyclic) bond motifs is 1. The number of benzene rings is 1. The number of halogens is 2. The Morgan fingerprint density at radius 1 is 1.21 bits per heavy atom. The zero-order valence-electron chi connectivity index (χ0n) is 18.6. The lowest BCUT2D eigenvalue weighted by atomic mass is 9.99. The molecule has 3 aromatic rings. The number of aromatic carboxylic acids is 1. The van der Waals surface area contributed by atoms with Crippen LogP contribution >= 0.6 is 24.8 Å². The van der Waals surface area contributed by atoms with Gasteiger partial charge in [0.2, 0.25) is 0 Å². The van der Waals surface area contributed by atoms with Crippen LogP contribution in [0.25, 0.3) is 22.2 Å². The molecule has 8 nitrogen and oxygen atoms in total. The van der Waals surface area contributed by atoms with Gasteiger partial charge in [-0.05, 0) is 43.0 Å². The lowest BCUT2D eigenvalue weighted by Crippen LogP contribution is -2.39. The summed E-state index contributed by atoms with van der Waals surface area (Å²) in [6.07, 6.45) is 2.40. The number of rotatable bonds is 5. The van der Waals surface area contributed by atoms with Crippen LogP contribution in [-0.4, -0.2) is 49.8 Å². The third-order valence-corrected chi connectivity index (χ3v) is 6.31. The molecule has 4 rings (SSSR count). The average molecular weight is 497 g/mol. The minimum Gasteiger partial charge on any atom is -0.506 e. The van der Waals surface area contributed by atoms with Gasteiger partial charge in [0.05, 0.1) is 5.69 Å². The number of hydrogen-bond donors (Lipinski definition) is 4. The van der Waals surface area contributed by atoms with Crippen LogP contribution in [0.5, 0.6) is 5.75 Å². The first kappa shape index (κ1) is 26.7. The van der Waals surface area contributed by atoms with Crippen LogP contribution in [0.2, 0.25) is 0 Å². The molecular weight excluding hydrogens is 467 g/mol. The highest BCUT2D eigenvalue weighted by atomic mass is 35.5. The van der Waals surface area contributed by atoms with Crippen LogP contribution in [0.4, 0.5) is 0 Å². The van der Waals surface area contributed by atoms with Gasteiger partial charge in [0.1, 0.15) is 5.75 Å². The van der Waals surface area contributed by atoms with Gasteiger partial charge in [0.25, 0.3) is 5.56 Å². The molecule has 180 valence electrons. The fraction of sp³-hybridized carbons (Fsp3) is 0.391. The number of aromatic nitrogens is 2. The summed E-state index contributed by atoms with van der Waals surface area (Å²) in [7, 11) is 2.04. The first-order valence-corrected chi connectivity index (χ1v) is 10.6. The lowest BCUT2D eigenvalue weighted by molar-refractivity contribution is 0.0691. The van der Waals surface area contributed by atoms with Gasteiger partial charge in [0.15, 0.2) is 5.56 Å². The molecule has 3 heterocycles. The van der Waals surface area contributed by atoms with Crippen molar-refractivity contribution in [2.75, 3.05) is 13.1 Å². The first-order chi connectivity index (χ1) is 14.8. The second kappa shape index (κ2) is 10.6. The predicted molar refractivity (Wildman–Crippen MR) is 134 cm³/mol. The number of hydrogen-bond acceptors (Lipinski definition) is 5. The summed E-state index contributed by atoms with van der Waals surface area (Å²) in [6, 6.07) is 8.28. The van der Waals surface area contributed by atoms with E-state index in [1.54, 1.807) is 0 Å². The summed E-state index contributed by atoms with van der Waals surface area (Å²) in [6.45, 7) is 4.64. The molecule has 0 aliphatic carbocycles. The van der Waals surface area contributed by atoms with E-state index in [0.717, 1.165) is 48.9 Å². The highest BCUT2D eigenvalue weighted by molar-refractivity contribution is 5.92. The van der Waals surface area contributed by atoms with Gasteiger partial charge >= 0.3 is 5.97 Å². The highest BCUT2D eigenvalue weighted by Gasteiger charge is 2.22. The SMILES string of the molecule is CCc1c(-c2ccc3c(c2)cc(CN2CCC(N)CC2)n3C)[nH]c(=O)c(C(=O)O)c1O.Cl.Cl. The van der Waals surface area contributed by atoms with E-state index in [4.69, 9.17) is 5.73 Å². The second-order valence-corrected chi connectivity index (χ2v) is 8.27. The fourth-order valence-electron chi connectivity index (χ4n) is 4.47. The minimum atomic E-state index is -1.44. The van der Waals surface area contributed by atoms with Crippen molar-refractivity contribution in [1.29, 1.82) is 0 Å². The predicted octanol–water partition coefficient (Wildman–Crippen LogP) is 3.27. The molecule has 0 unspecified atom stereocenters. The van der Waals surface area contributed by atoms with E-state index in [-0.39, 0.29) is 24.8 Å². The number of pyridine rings is 1. The summed E-state index contributed by atoms with van der Waals surface area (Å²) in [5.74, 6) is -1.91. The lowest BCUT2D eigenvalue weighted by Gasteiger charge is -2.30. The number of nitrogens with zero attached hydrogens (tertiary/aromatic N) is 2. The number of carboxylic acid groups (broad SMARTS) is 1. The minimum absolute atomic E-state index is 0.